The molecule has 2 heteroatoms. The van der Waals surface area contributed by atoms with Crippen LogP contribution in [-0.2, 0) is 11.3 Å². The molecule has 0 aliphatic carbocycles. The van der Waals surface area contributed by atoms with E-state index in [1.165, 1.54) is 22.3 Å². The fourth-order valence-electron chi connectivity index (χ4n) is 2.10. The van der Waals surface area contributed by atoms with Crippen LogP contribution in [-0.4, -0.2) is 5.91 Å². The Morgan fingerprint density at radius 2 is 1.76 bits per heavy atom. The second-order valence-corrected chi connectivity index (χ2v) is 4.76. The molecule has 0 aromatic heterocycles. The van der Waals surface area contributed by atoms with Crippen LogP contribution in [0.1, 0.15) is 48.4 Å². The molecule has 2 nitrogen and oxygen atoms in total. The standard InChI is InChI=1S/C15H23NO/c1-5-6-7-15(17)16-10-14-12(3)8-11(2)9-13(14)4/h8-9H,5-7,10H2,1-4H3,(H,16,17). The Morgan fingerprint density at radius 1 is 1.18 bits per heavy atom. The monoisotopic (exact) mass is 233 g/mol. The Bertz CT molecular complexity index is 373. The third kappa shape index (κ3) is 4.22. The lowest BCUT2D eigenvalue weighted by Crippen LogP contribution is -2.23. The van der Waals surface area contributed by atoms with E-state index in [9.17, 15) is 4.79 Å². The second kappa shape index (κ2) is 6.43. The number of carbonyl (C=O) groups is 1. The Kier molecular flexibility index (Phi) is 5.20. The van der Waals surface area contributed by atoms with Crippen molar-refractivity contribution >= 4 is 5.91 Å². The van der Waals surface area contributed by atoms with Gasteiger partial charge in [0.15, 0.2) is 0 Å². The van der Waals surface area contributed by atoms with E-state index in [0.717, 1.165) is 12.8 Å². The molecular formula is C15H23NO. The summed E-state index contributed by atoms with van der Waals surface area (Å²) in [6.07, 6.45) is 2.67. The average Bonchev–Trinajstić information content (AvgIpc) is 2.24. The molecule has 0 saturated heterocycles. The zero-order valence-corrected chi connectivity index (χ0v) is 11.4. The molecule has 0 bridgehead atoms. The normalized spacial score (nSPS) is 10.4. The van der Waals surface area contributed by atoms with E-state index in [2.05, 4.69) is 45.1 Å². The van der Waals surface area contributed by atoms with Gasteiger partial charge in [0.25, 0.3) is 0 Å². The maximum Gasteiger partial charge on any atom is 0.220 e. The molecule has 0 unspecified atom stereocenters. The quantitative estimate of drug-likeness (QED) is 0.829. The van der Waals surface area contributed by atoms with Crippen LogP contribution in [0.25, 0.3) is 0 Å². The lowest BCUT2D eigenvalue weighted by atomic mass is 10.00. The van der Waals surface area contributed by atoms with Gasteiger partial charge in [0, 0.05) is 13.0 Å². The number of benzene rings is 1. The minimum atomic E-state index is 0.159. The molecule has 0 radical (unpaired) electrons. The lowest BCUT2D eigenvalue weighted by molar-refractivity contribution is -0.121. The van der Waals surface area contributed by atoms with Crippen molar-refractivity contribution in [1.82, 2.24) is 5.32 Å². The van der Waals surface area contributed by atoms with E-state index in [1.807, 2.05) is 0 Å². The van der Waals surface area contributed by atoms with Gasteiger partial charge in [0.05, 0.1) is 0 Å². The average molecular weight is 233 g/mol. The highest BCUT2D eigenvalue weighted by atomic mass is 16.1. The second-order valence-electron chi connectivity index (χ2n) is 4.76. The number of hydrogen-bond donors (Lipinski definition) is 1. The number of amides is 1. The molecule has 1 amide bonds. The fourth-order valence-corrected chi connectivity index (χ4v) is 2.10. The SMILES string of the molecule is CCCCC(=O)NCc1c(C)cc(C)cc1C. The summed E-state index contributed by atoms with van der Waals surface area (Å²) in [5.74, 6) is 0.159. The largest absolute Gasteiger partial charge is 0.352 e. The molecule has 0 fully saturated rings. The topological polar surface area (TPSA) is 29.1 Å². The third-order valence-corrected chi connectivity index (χ3v) is 3.06. The first-order valence-corrected chi connectivity index (χ1v) is 6.38. The molecule has 94 valence electrons. The smallest absolute Gasteiger partial charge is 0.220 e. The summed E-state index contributed by atoms with van der Waals surface area (Å²) in [5.41, 5.74) is 5.05. The van der Waals surface area contributed by atoms with Crippen molar-refractivity contribution in [1.29, 1.82) is 0 Å². The van der Waals surface area contributed by atoms with Gasteiger partial charge in [0.1, 0.15) is 0 Å². The van der Waals surface area contributed by atoms with E-state index >= 15 is 0 Å². The van der Waals surface area contributed by atoms with Gasteiger partial charge in [-0.2, -0.15) is 0 Å². The molecule has 0 atom stereocenters. The number of carbonyl (C=O) groups excluding carboxylic acids is 1. The molecule has 17 heavy (non-hydrogen) atoms. The van der Waals surface area contributed by atoms with Crippen LogP contribution in [0.3, 0.4) is 0 Å². The fraction of sp³-hybridized carbons (Fsp3) is 0.533. The summed E-state index contributed by atoms with van der Waals surface area (Å²) in [7, 11) is 0. The predicted molar refractivity (Wildman–Crippen MR) is 72.0 cm³/mol. The summed E-state index contributed by atoms with van der Waals surface area (Å²) in [5, 5.41) is 3.00. The van der Waals surface area contributed by atoms with E-state index in [4.69, 9.17) is 0 Å². The minimum Gasteiger partial charge on any atom is -0.352 e. The van der Waals surface area contributed by atoms with Gasteiger partial charge in [-0.05, 0) is 43.9 Å². The van der Waals surface area contributed by atoms with Crippen LogP contribution in [0, 0.1) is 20.8 Å². The number of unbranched alkanes of at least 4 members (excludes halogenated alkanes) is 1. The molecule has 0 saturated carbocycles. The van der Waals surface area contributed by atoms with E-state index in [0.29, 0.717) is 13.0 Å². The Morgan fingerprint density at radius 3 is 2.29 bits per heavy atom. The van der Waals surface area contributed by atoms with Crippen LogP contribution in [0.4, 0.5) is 0 Å². The Labute approximate surface area is 104 Å². The van der Waals surface area contributed by atoms with Crippen LogP contribution in [0.2, 0.25) is 0 Å². The summed E-state index contributed by atoms with van der Waals surface area (Å²) >= 11 is 0. The van der Waals surface area contributed by atoms with Crippen molar-refractivity contribution in [3.05, 3.63) is 34.4 Å². The van der Waals surface area contributed by atoms with Gasteiger partial charge in [-0.25, -0.2) is 0 Å². The molecular weight excluding hydrogens is 210 g/mol. The highest BCUT2D eigenvalue weighted by Gasteiger charge is 2.05. The van der Waals surface area contributed by atoms with E-state index in [-0.39, 0.29) is 5.91 Å². The summed E-state index contributed by atoms with van der Waals surface area (Å²) < 4.78 is 0. The van der Waals surface area contributed by atoms with Crippen molar-refractivity contribution in [2.24, 2.45) is 0 Å². The van der Waals surface area contributed by atoms with Crippen LogP contribution in [0.5, 0.6) is 0 Å². The first-order chi connectivity index (χ1) is 8.04. The van der Waals surface area contributed by atoms with Gasteiger partial charge in [-0.3, -0.25) is 4.79 Å². The van der Waals surface area contributed by atoms with E-state index in [1.54, 1.807) is 0 Å². The zero-order valence-electron chi connectivity index (χ0n) is 11.4. The molecule has 0 aliphatic heterocycles. The summed E-state index contributed by atoms with van der Waals surface area (Å²) in [4.78, 5) is 11.6. The van der Waals surface area contributed by atoms with Crippen molar-refractivity contribution < 1.29 is 4.79 Å². The molecule has 0 aliphatic rings. The summed E-state index contributed by atoms with van der Waals surface area (Å²) in [6, 6.07) is 4.33. The number of nitrogens with one attached hydrogen (secondary N) is 1. The molecule has 0 heterocycles. The molecule has 1 aromatic rings. The maximum absolute atomic E-state index is 11.6. The molecule has 1 N–H and O–H groups in total. The van der Waals surface area contributed by atoms with Gasteiger partial charge in [-0.1, -0.05) is 31.0 Å². The number of hydrogen-bond acceptors (Lipinski definition) is 1. The van der Waals surface area contributed by atoms with Crippen molar-refractivity contribution in [2.45, 2.75) is 53.5 Å². The Hall–Kier alpha value is -1.31. The highest BCUT2D eigenvalue weighted by Crippen LogP contribution is 2.16. The van der Waals surface area contributed by atoms with Gasteiger partial charge < -0.3 is 5.32 Å². The van der Waals surface area contributed by atoms with Crippen molar-refractivity contribution in [3.8, 4) is 0 Å². The van der Waals surface area contributed by atoms with Crippen LogP contribution < -0.4 is 5.32 Å². The first-order valence-electron chi connectivity index (χ1n) is 6.38. The van der Waals surface area contributed by atoms with Crippen molar-refractivity contribution in [3.63, 3.8) is 0 Å². The van der Waals surface area contributed by atoms with Gasteiger partial charge >= 0.3 is 0 Å². The first kappa shape index (κ1) is 13.8. The number of rotatable bonds is 5. The maximum atomic E-state index is 11.6. The zero-order chi connectivity index (χ0) is 12.8. The molecule has 1 rings (SSSR count). The highest BCUT2D eigenvalue weighted by molar-refractivity contribution is 5.75. The van der Waals surface area contributed by atoms with Crippen LogP contribution in [0.15, 0.2) is 12.1 Å². The van der Waals surface area contributed by atoms with Crippen molar-refractivity contribution in [2.75, 3.05) is 0 Å². The van der Waals surface area contributed by atoms with Crippen LogP contribution >= 0.6 is 0 Å². The summed E-state index contributed by atoms with van der Waals surface area (Å²) in [6.45, 7) is 9.06. The van der Waals surface area contributed by atoms with Gasteiger partial charge in [-0.15, -0.1) is 0 Å². The Balaban J connectivity index is 2.60. The molecule has 0 spiro atoms. The predicted octanol–water partition coefficient (Wildman–Crippen LogP) is 3.42. The third-order valence-electron chi connectivity index (χ3n) is 3.06. The van der Waals surface area contributed by atoms with E-state index < -0.39 is 0 Å². The van der Waals surface area contributed by atoms with Gasteiger partial charge in [0.2, 0.25) is 5.91 Å². The minimum absolute atomic E-state index is 0.159. The number of aryl methyl sites for hydroxylation is 3. The molecule has 1 aromatic carbocycles. The lowest BCUT2D eigenvalue weighted by Gasteiger charge is -2.12.